The highest BCUT2D eigenvalue weighted by atomic mass is 16.5. The van der Waals surface area contributed by atoms with Crippen molar-refractivity contribution in [3.05, 3.63) is 60.4 Å². The van der Waals surface area contributed by atoms with E-state index in [0.717, 1.165) is 84.3 Å². The van der Waals surface area contributed by atoms with E-state index in [1.54, 1.807) is 0 Å². The Morgan fingerprint density at radius 1 is 0.854 bits per heavy atom. The van der Waals surface area contributed by atoms with Crippen molar-refractivity contribution >= 4 is 21.7 Å². The maximum atomic E-state index is 6.13. The predicted octanol–water partition coefficient (Wildman–Crippen LogP) is 6.41. The molecule has 2 saturated heterocycles. The molecule has 0 spiro atoms. The van der Waals surface area contributed by atoms with E-state index in [1.807, 2.05) is 0 Å². The van der Waals surface area contributed by atoms with Crippen LogP contribution in [0.15, 0.2) is 54.6 Å². The van der Waals surface area contributed by atoms with Crippen LogP contribution in [0.2, 0.25) is 0 Å². The lowest BCUT2D eigenvalue weighted by Crippen LogP contribution is -2.38. The van der Waals surface area contributed by atoms with Gasteiger partial charge in [-0.05, 0) is 106 Å². The van der Waals surface area contributed by atoms with Gasteiger partial charge in [-0.2, -0.15) is 10.2 Å². The second-order valence-corrected chi connectivity index (χ2v) is 11.7. The van der Waals surface area contributed by atoms with E-state index in [4.69, 9.17) is 9.72 Å². The lowest BCUT2D eigenvalue weighted by atomic mass is 10.0. The molecule has 0 aliphatic carbocycles. The Kier molecular flexibility index (Phi) is 7.42. The van der Waals surface area contributed by atoms with Gasteiger partial charge in [0.2, 0.25) is 0 Å². The Bertz CT molecular complexity index is 1630. The molecule has 2 aromatic heterocycles. The van der Waals surface area contributed by atoms with Gasteiger partial charge in [0.15, 0.2) is 5.82 Å². The number of fused-ring (bicyclic) bond motifs is 2. The second kappa shape index (κ2) is 11.6. The van der Waals surface area contributed by atoms with E-state index in [1.165, 1.54) is 49.4 Å². The molecular weight excluding hydrogens is 510 g/mol. The molecular formula is C33H39N7O. The van der Waals surface area contributed by atoms with Crippen LogP contribution in [0.3, 0.4) is 0 Å². The highest BCUT2D eigenvalue weighted by Gasteiger charge is 2.18. The third-order valence-electron chi connectivity index (χ3n) is 8.81. The van der Waals surface area contributed by atoms with E-state index in [-0.39, 0.29) is 0 Å². The van der Waals surface area contributed by atoms with Crippen molar-refractivity contribution in [2.45, 2.75) is 58.0 Å². The fourth-order valence-corrected chi connectivity index (χ4v) is 6.43. The van der Waals surface area contributed by atoms with E-state index >= 15 is 0 Å². The van der Waals surface area contributed by atoms with Gasteiger partial charge < -0.3 is 9.64 Å². The molecule has 8 nitrogen and oxygen atoms in total. The first kappa shape index (κ1) is 26.2. The largest absolute Gasteiger partial charge is 0.494 e. The normalized spacial score (nSPS) is 18.5. The van der Waals surface area contributed by atoms with Crippen molar-refractivity contribution in [3.8, 4) is 28.4 Å². The van der Waals surface area contributed by atoms with Crippen molar-refractivity contribution in [3.63, 3.8) is 0 Å². The van der Waals surface area contributed by atoms with Crippen LogP contribution >= 0.6 is 0 Å². The molecule has 5 aromatic rings. The van der Waals surface area contributed by atoms with Crippen LogP contribution in [-0.2, 0) is 6.54 Å². The fourth-order valence-electron chi connectivity index (χ4n) is 6.43. The van der Waals surface area contributed by atoms with Crippen molar-refractivity contribution in [2.75, 3.05) is 32.8 Å². The maximum Gasteiger partial charge on any atom is 0.181 e. The number of aromatic amines is 2. The summed E-state index contributed by atoms with van der Waals surface area (Å²) in [5.74, 6) is 2.58. The molecule has 0 saturated carbocycles. The van der Waals surface area contributed by atoms with Crippen LogP contribution in [0.4, 0.5) is 0 Å². The summed E-state index contributed by atoms with van der Waals surface area (Å²) in [6.45, 7) is 8.55. The molecule has 0 bridgehead atoms. The number of nitrogens with zero attached hydrogens (tertiary/aromatic N) is 5. The number of likely N-dealkylation sites (tertiary alicyclic amines) is 2. The smallest absolute Gasteiger partial charge is 0.181 e. The van der Waals surface area contributed by atoms with Gasteiger partial charge in [0.05, 0.1) is 24.4 Å². The van der Waals surface area contributed by atoms with Gasteiger partial charge in [0, 0.05) is 29.1 Å². The molecule has 2 N–H and O–H groups in total. The Balaban J connectivity index is 1.05. The molecule has 2 aliphatic heterocycles. The third kappa shape index (κ3) is 5.72. The van der Waals surface area contributed by atoms with Gasteiger partial charge in [0.1, 0.15) is 11.6 Å². The summed E-state index contributed by atoms with van der Waals surface area (Å²) in [6.07, 6.45) is 7.61. The highest BCUT2D eigenvalue weighted by Crippen LogP contribution is 2.32. The number of piperidine rings is 1. The molecule has 8 heteroatoms. The van der Waals surface area contributed by atoms with E-state index in [0.29, 0.717) is 6.04 Å². The van der Waals surface area contributed by atoms with E-state index < -0.39 is 0 Å². The summed E-state index contributed by atoms with van der Waals surface area (Å²) < 4.78 is 6.13. The third-order valence-corrected chi connectivity index (χ3v) is 8.81. The SMILES string of the molecule is CC1CCCCN1CCCOc1ccc2cc(-c3n[nH]c4ccc(-c5n[nH]c(CN6CCCC6)n5)cc34)ccc2c1. The second-order valence-electron chi connectivity index (χ2n) is 11.7. The van der Waals surface area contributed by atoms with Crippen LogP contribution < -0.4 is 4.74 Å². The molecule has 1 unspecified atom stereocenters. The van der Waals surface area contributed by atoms with Crippen molar-refractivity contribution < 1.29 is 4.74 Å². The number of H-pyrrole nitrogens is 2. The number of hydrogen-bond acceptors (Lipinski definition) is 6. The minimum Gasteiger partial charge on any atom is -0.494 e. The number of hydrogen-bond donors (Lipinski definition) is 2. The topological polar surface area (TPSA) is 86.0 Å². The van der Waals surface area contributed by atoms with Gasteiger partial charge in [-0.15, -0.1) is 0 Å². The quantitative estimate of drug-likeness (QED) is 0.207. The monoisotopic (exact) mass is 549 g/mol. The summed E-state index contributed by atoms with van der Waals surface area (Å²) in [5.41, 5.74) is 4.00. The van der Waals surface area contributed by atoms with Crippen molar-refractivity contribution in [1.29, 1.82) is 0 Å². The molecule has 7 rings (SSSR count). The first-order chi connectivity index (χ1) is 20.2. The lowest BCUT2D eigenvalue weighted by Gasteiger charge is -2.33. The zero-order chi connectivity index (χ0) is 27.6. The minimum absolute atomic E-state index is 0.705. The molecule has 4 heterocycles. The average Bonchev–Trinajstić information content (AvgIpc) is 3.77. The Morgan fingerprint density at radius 2 is 1.68 bits per heavy atom. The summed E-state index contributed by atoms with van der Waals surface area (Å²) in [7, 11) is 0. The molecule has 1 atom stereocenters. The number of nitrogens with one attached hydrogen (secondary N) is 2. The molecule has 0 amide bonds. The lowest BCUT2D eigenvalue weighted by molar-refractivity contribution is 0.148. The number of ether oxygens (including phenoxy) is 1. The molecule has 2 aliphatic rings. The standard InChI is InChI=1S/C33H39N7O/c1-23-7-2-3-16-40(23)17-6-18-41-28-12-10-24-19-26(9-8-25(24)20-28)32-29-21-27(11-13-30(29)35-37-32)33-34-31(36-38-33)22-39-14-4-5-15-39/h8-13,19-21,23H,2-7,14-18,22H2,1H3,(H,35,37)(H,34,36,38). The van der Waals surface area contributed by atoms with Crippen molar-refractivity contribution in [1.82, 2.24) is 35.2 Å². The van der Waals surface area contributed by atoms with Crippen LogP contribution in [0.25, 0.3) is 44.3 Å². The average molecular weight is 550 g/mol. The van der Waals surface area contributed by atoms with Crippen molar-refractivity contribution in [2.24, 2.45) is 0 Å². The number of rotatable bonds is 9. The van der Waals surface area contributed by atoms with Crippen LogP contribution in [0.1, 0.15) is 51.3 Å². The van der Waals surface area contributed by atoms with Gasteiger partial charge in [0.25, 0.3) is 0 Å². The van der Waals surface area contributed by atoms with Crippen LogP contribution in [0.5, 0.6) is 5.75 Å². The predicted molar refractivity (Wildman–Crippen MR) is 164 cm³/mol. The van der Waals surface area contributed by atoms with E-state index in [9.17, 15) is 0 Å². The Hall–Kier alpha value is -3.75. The molecule has 3 aromatic carbocycles. The van der Waals surface area contributed by atoms with Gasteiger partial charge in [-0.1, -0.05) is 24.6 Å². The Morgan fingerprint density at radius 3 is 2.59 bits per heavy atom. The van der Waals surface area contributed by atoms with Crippen LogP contribution in [-0.4, -0.2) is 74.0 Å². The Labute approximate surface area is 241 Å². The molecule has 41 heavy (non-hydrogen) atoms. The van der Waals surface area contributed by atoms with E-state index in [2.05, 4.69) is 91.7 Å². The first-order valence-corrected chi connectivity index (χ1v) is 15.2. The first-order valence-electron chi connectivity index (χ1n) is 15.2. The summed E-state index contributed by atoms with van der Waals surface area (Å²) in [4.78, 5) is 9.82. The number of aromatic nitrogens is 5. The zero-order valence-corrected chi connectivity index (χ0v) is 23.9. The zero-order valence-electron chi connectivity index (χ0n) is 23.9. The molecule has 212 valence electrons. The summed E-state index contributed by atoms with van der Waals surface area (Å²) >= 11 is 0. The minimum atomic E-state index is 0.705. The van der Waals surface area contributed by atoms with Gasteiger partial charge >= 0.3 is 0 Å². The summed E-state index contributed by atoms with van der Waals surface area (Å²) in [6, 6.07) is 19.9. The highest BCUT2D eigenvalue weighted by molar-refractivity contribution is 5.97. The van der Waals surface area contributed by atoms with Crippen LogP contribution in [0, 0.1) is 0 Å². The molecule has 0 radical (unpaired) electrons. The maximum absolute atomic E-state index is 6.13. The van der Waals surface area contributed by atoms with Gasteiger partial charge in [-0.3, -0.25) is 15.1 Å². The van der Waals surface area contributed by atoms with Gasteiger partial charge in [-0.25, -0.2) is 4.98 Å². The fraction of sp³-hybridized carbons (Fsp3) is 0.424. The summed E-state index contributed by atoms with van der Waals surface area (Å²) in [5, 5.41) is 18.9. The number of benzene rings is 3. The molecule has 2 fully saturated rings.